The third-order valence-electron chi connectivity index (χ3n) is 2.02. The minimum absolute atomic E-state index is 0. The van der Waals surface area contributed by atoms with Gasteiger partial charge in [-0.2, -0.15) is 0 Å². The van der Waals surface area contributed by atoms with Gasteiger partial charge in [0, 0.05) is 0 Å². The second-order valence-corrected chi connectivity index (χ2v) is 2.87. The Morgan fingerprint density at radius 1 is 1.00 bits per heavy atom. The van der Waals surface area contributed by atoms with Crippen molar-refractivity contribution in [3.8, 4) is 11.5 Å². The fourth-order valence-electron chi connectivity index (χ4n) is 1.33. The molecule has 66 valence electrons. The number of methoxy groups -OCH3 is 1. The zero-order valence-electron chi connectivity index (χ0n) is 8.28. The Bertz CT molecular complexity index is 440. The monoisotopic (exact) mass is 196 g/mol. The van der Waals surface area contributed by atoms with E-state index in [2.05, 4.69) is 0 Å². The molecule has 0 radical (unpaired) electrons. The summed E-state index contributed by atoms with van der Waals surface area (Å²) >= 11 is 0. The van der Waals surface area contributed by atoms with Gasteiger partial charge in [-0.15, -0.1) is 5.75 Å². The summed E-state index contributed by atoms with van der Waals surface area (Å²) in [5.74, 6) is 0.851. The number of fused-ring (bicyclic) bond motifs is 1. The molecule has 0 saturated heterocycles. The maximum Gasteiger partial charge on any atom is 1.00 e. The van der Waals surface area contributed by atoms with Crippen LogP contribution < -0.4 is 39.4 Å². The molecule has 2 rings (SSSR count). The third kappa shape index (κ3) is 2.21. The van der Waals surface area contributed by atoms with Crippen molar-refractivity contribution in [2.75, 3.05) is 7.11 Å². The van der Waals surface area contributed by atoms with Gasteiger partial charge in [0.1, 0.15) is 5.75 Å². The molecule has 0 aliphatic rings. The Hall–Kier alpha value is -0.700. The van der Waals surface area contributed by atoms with Crippen molar-refractivity contribution in [3.05, 3.63) is 36.4 Å². The molecule has 0 aromatic heterocycles. The quantitative estimate of drug-likeness (QED) is 0.544. The van der Waals surface area contributed by atoms with Gasteiger partial charge in [-0.05, 0) is 22.9 Å². The third-order valence-corrected chi connectivity index (χ3v) is 2.02. The van der Waals surface area contributed by atoms with E-state index in [9.17, 15) is 5.11 Å². The van der Waals surface area contributed by atoms with Crippen LogP contribution in [0.15, 0.2) is 36.4 Å². The van der Waals surface area contributed by atoms with Gasteiger partial charge in [-0.25, -0.2) is 0 Å². The molecule has 3 heteroatoms. The van der Waals surface area contributed by atoms with Crippen LogP contribution in [-0.2, 0) is 0 Å². The largest absolute Gasteiger partial charge is 1.00 e. The number of ether oxygens (including phenoxy) is 1. The molecule has 0 aliphatic heterocycles. The Morgan fingerprint density at radius 2 is 1.64 bits per heavy atom. The topological polar surface area (TPSA) is 32.3 Å². The second-order valence-electron chi connectivity index (χ2n) is 2.87. The summed E-state index contributed by atoms with van der Waals surface area (Å²) < 4.78 is 5.07. The first-order valence-corrected chi connectivity index (χ1v) is 4.04. The maximum atomic E-state index is 11.0. The van der Waals surface area contributed by atoms with Gasteiger partial charge < -0.3 is 9.84 Å². The predicted octanol–water partition coefficient (Wildman–Crippen LogP) is -1.07. The van der Waals surface area contributed by atoms with Crippen molar-refractivity contribution in [1.82, 2.24) is 0 Å². The Balaban J connectivity index is 0.000000980. The molecule has 14 heavy (non-hydrogen) atoms. The van der Waals surface area contributed by atoms with Gasteiger partial charge >= 0.3 is 29.6 Å². The minimum Gasteiger partial charge on any atom is -0.872 e. The molecule has 0 amide bonds. The van der Waals surface area contributed by atoms with Crippen molar-refractivity contribution in [3.63, 3.8) is 0 Å². The van der Waals surface area contributed by atoms with Crippen LogP contribution in [0.25, 0.3) is 10.8 Å². The summed E-state index contributed by atoms with van der Waals surface area (Å²) in [6.07, 6.45) is 0. The first-order valence-electron chi connectivity index (χ1n) is 4.04. The van der Waals surface area contributed by atoms with Gasteiger partial charge in [0.05, 0.1) is 7.11 Å². The van der Waals surface area contributed by atoms with Gasteiger partial charge in [0.2, 0.25) is 0 Å². The van der Waals surface area contributed by atoms with Crippen LogP contribution in [0.3, 0.4) is 0 Å². The standard InChI is InChI=1S/C11H10O2.Na/c1-13-11-5-3-8-6-10(12)4-2-9(8)7-11;/h2-7,12H,1H3;/q;+1/p-1. The van der Waals surface area contributed by atoms with Crippen molar-refractivity contribution in [2.24, 2.45) is 0 Å². The van der Waals surface area contributed by atoms with Crippen LogP contribution in [0.1, 0.15) is 0 Å². The SMILES string of the molecule is COc1ccc2cc([O-])ccc2c1.[Na+]. The maximum absolute atomic E-state index is 11.0. The fourth-order valence-corrected chi connectivity index (χ4v) is 1.33. The molecule has 0 fully saturated rings. The number of hydrogen-bond acceptors (Lipinski definition) is 2. The zero-order valence-corrected chi connectivity index (χ0v) is 10.3. The van der Waals surface area contributed by atoms with Crippen LogP contribution in [-0.4, -0.2) is 7.11 Å². The molecule has 2 aromatic rings. The van der Waals surface area contributed by atoms with Crippen LogP contribution in [0, 0.1) is 0 Å². The van der Waals surface area contributed by atoms with Crippen LogP contribution >= 0.6 is 0 Å². The van der Waals surface area contributed by atoms with Crippen LogP contribution in [0.2, 0.25) is 0 Å². The summed E-state index contributed by atoms with van der Waals surface area (Å²) in [7, 11) is 1.63. The molecule has 0 unspecified atom stereocenters. The second kappa shape index (κ2) is 4.69. The van der Waals surface area contributed by atoms with Crippen LogP contribution in [0.5, 0.6) is 11.5 Å². The van der Waals surface area contributed by atoms with Crippen molar-refractivity contribution < 1.29 is 39.4 Å². The van der Waals surface area contributed by atoms with E-state index in [1.54, 1.807) is 25.3 Å². The van der Waals surface area contributed by atoms with Crippen LogP contribution in [0.4, 0.5) is 0 Å². The Labute approximate surface area is 105 Å². The molecule has 0 atom stereocenters. The van der Waals surface area contributed by atoms with E-state index in [-0.39, 0.29) is 35.3 Å². The van der Waals surface area contributed by atoms with E-state index < -0.39 is 0 Å². The smallest absolute Gasteiger partial charge is 0.872 e. The number of benzene rings is 2. The average molecular weight is 196 g/mol. The van der Waals surface area contributed by atoms with Gasteiger partial charge in [0.25, 0.3) is 0 Å². The minimum atomic E-state index is 0. The molecular weight excluding hydrogens is 187 g/mol. The molecule has 2 aromatic carbocycles. The average Bonchev–Trinajstić information content (AvgIpc) is 2.17. The van der Waals surface area contributed by atoms with E-state index in [1.165, 1.54) is 0 Å². The summed E-state index contributed by atoms with van der Waals surface area (Å²) in [6, 6.07) is 10.6. The van der Waals surface area contributed by atoms with Gasteiger partial charge in [-0.3, -0.25) is 0 Å². The zero-order chi connectivity index (χ0) is 9.26. The predicted molar refractivity (Wildman–Crippen MR) is 49.9 cm³/mol. The number of hydrogen-bond donors (Lipinski definition) is 0. The molecule has 0 heterocycles. The van der Waals surface area contributed by atoms with E-state index in [4.69, 9.17) is 4.74 Å². The number of rotatable bonds is 1. The van der Waals surface area contributed by atoms with E-state index in [0.717, 1.165) is 16.5 Å². The molecule has 0 spiro atoms. The molecular formula is C11H9NaO2. The Kier molecular flexibility index (Phi) is 3.81. The summed E-state index contributed by atoms with van der Waals surface area (Å²) in [5.41, 5.74) is 0. The van der Waals surface area contributed by atoms with E-state index in [1.807, 2.05) is 18.2 Å². The first-order chi connectivity index (χ1) is 6.29. The summed E-state index contributed by atoms with van der Waals surface area (Å²) in [4.78, 5) is 0. The molecule has 0 aliphatic carbocycles. The van der Waals surface area contributed by atoms with E-state index in [0.29, 0.717) is 0 Å². The first kappa shape index (κ1) is 11.4. The molecule has 2 nitrogen and oxygen atoms in total. The molecule has 0 saturated carbocycles. The van der Waals surface area contributed by atoms with Gasteiger partial charge in [0.15, 0.2) is 0 Å². The summed E-state index contributed by atoms with van der Waals surface area (Å²) in [6.45, 7) is 0. The summed E-state index contributed by atoms with van der Waals surface area (Å²) in [5, 5.41) is 13.0. The van der Waals surface area contributed by atoms with Crippen molar-refractivity contribution in [2.45, 2.75) is 0 Å². The fraction of sp³-hybridized carbons (Fsp3) is 0.0909. The van der Waals surface area contributed by atoms with Gasteiger partial charge in [-0.1, -0.05) is 24.3 Å². The van der Waals surface area contributed by atoms with E-state index >= 15 is 0 Å². The van der Waals surface area contributed by atoms with Crippen molar-refractivity contribution in [1.29, 1.82) is 0 Å². The Morgan fingerprint density at radius 3 is 2.36 bits per heavy atom. The normalized spacial score (nSPS) is 9.50. The molecule has 0 N–H and O–H groups in total. The molecule has 0 bridgehead atoms. The van der Waals surface area contributed by atoms with Crippen molar-refractivity contribution >= 4 is 10.8 Å².